The SMILES string of the molecule is CN1CCCC1COc1nc(N2CCN(C(=O)OC(C)(C)C)CC2)c2cc(C#N)c(-c3cccc4sc(NC(=O)OC(C)(C)C)nc34)c(F)c2n1. The number of carbonyl (C=O) groups is 2. The van der Waals surface area contributed by atoms with Gasteiger partial charge in [0.05, 0.1) is 21.8 Å². The number of rotatable bonds is 6. The van der Waals surface area contributed by atoms with Gasteiger partial charge in [-0.3, -0.25) is 5.32 Å². The third-order valence-electron chi connectivity index (χ3n) is 8.61. The van der Waals surface area contributed by atoms with Crippen LogP contribution in [0.1, 0.15) is 59.9 Å². The number of para-hydroxylation sites is 1. The second-order valence-electron chi connectivity index (χ2n) is 14.8. The Morgan fingerprint density at radius 2 is 1.75 bits per heavy atom. The molecule has 2 fully saturated rings. The Labute approximate surface area is 300 Å². The highest BCUT2D eigenvalue weighted by Gasteiger charge is 2.30. The number of likely N-dealkylation sites (N-methyl/N-ethyl adjacent to an activating group) is 1. The standard InChI is InChI=1S/C36H43FN8O5S/c1-35(2,3)49-33(46)42-32-40-28-23(11-8-12-25(28)51-32)26-21(19-38)18-24-29(27(26)37)39-31(48-20-22-10-9-13-43(22)7)41-30(24)44-14-16-45(17-15-44)34(47)50-36(4,5)6/h8,11-12,18,22H,9-10,13-17,20H2,1-7H3,(H,40,42,46). The van der Waals surface area contributed by atoms with E-state index >= 15 is 4.39 Å². The molecule has 51 heavy (non-hydrogen) atoms. The number of hydrogen-bond acceptors (Lipinski definition) is 12. The summed E-state index contributed by atoms with van der Waals surface area (Å²) in [4.78, 5) is 45.0. The van der Waals surface area contributed by atoms with Gasteiger partial charge in [-0.05, 0) is 80.1 Å². The second kappa shape index (κ2) is 14.1. The van der Waals surface area contributed by atoms with Crippen LogP contribution in [0.2, 0.25) is 0 Å². The number of anilines is 2. The summed E-state index contributed by atoms with van der Waals surface area (Å²) in [5.74, 6) is -0.304. The zero-order chi connectivity index (χ0) is 36.7. The minimum Gasteiger partial charge on any atom is -0.462 e. The molecule has 2 aliphatic rings. The van der Waals surface area contributed by atoms with Gasteiger partial charge in [0.2, 0.25) is 0 Å². The zero-order valence-corrected chi connectivity index (χ0v) is 30.8. The number of aromatic nitrogens is 3. The van der Waals surface area contributed by atoms with Crippen molar-refractivity contribution in [3.8, 4) is 23.2 Å². The number of nitriles is 1. The summed E-state index contributed by atoms with van der Waals surface area (Å²) in [7, 11) is 2.04. The summed E-state index contributed by atoms with van der Waals surface area (Å²) in [6, 6.07) is 9.23. The molecule has 13 nitrogen and oxygen atoms in total. The van der Waals surface area contributed by atoms with Gasteiger partial charge in [-0.15, -0.1) is 0 Å². The first-order valence-electron chi connectivity index (χ1n) is 17.0. The minimum atomic E-state index is -0.718. The molecule has 0 bridgehead atoms. The molecule has 0 spiro atoms. The Morgan fingerprint density at radius 1 is 1.02 bits per heavy atom. The van der Waals surface area contributed by atoms with Crippen molar-refractivity contribution in [1.29, 1.82) is 5.26 Å². The van der Waals surface area contributed by atoms with Crippen molar-refractivity contribution in [2.45, 2.75) is 71.6 Å². The molecule has 6 rings (SSSR count). The number of thiazole rings is 1. The lowest BCUT2D eigenvalue weighted by molar-refractivity contribution is 0.0240. The first kappa shape index (κ1) is 36.0. The number of carbonyl (C=O) groups excluding carboxylic acids is 2. The fourth-order valence-corrected chi connectivity index (χ4v) is 7.11. The van der Waals surface area contributed by atoms with E-state index in [-0.39, 0.29) is 33.8 Å². The third-order valence-corrected chi connectivity index (χ3v) is 9.55. The molecule has 2 saturated heterocycles. The highest BCUT2D eigenvalue weighted by molar-refractivity contribution is 7.22. The molecule has 0 aliphatic carbocycles. The van der Waals surface area contributed by atoms with E-state index in [1.165, 1.54) is 11.3 Å². The average molecular weight is 719 g/mol. The predicted octanol–water partition coefficient (Wildman–Crippen LogP) is 6.79. The monoisotopic (exact) mass is 718 g/mol. The summed E-state index contributed by atoms with van der Waals surface area (Å²) >= 11 is 1.21. The summed E-state index contributed by atoms with van der Waals surface area (Å²) in [6.45, 7) is 13.6. The Morgan fingerprint density at radius 3 is 2.39 bits per heavy atom. The second-order valence-corrected chi connectivity index (χ2v) is 15.8. The van der Waals surface area contributed by atoms with Gasteiger partial charge in [-0.2, -0.15) is 15.2 Å². The quantitative estimate of drug-likeness (QED) is 0.225. The van der Waals surface area contributed by atoms with E-state index in [1.807, 2.05) is 38.8 Å². The van der Waals surface area contributed by atoms with Crippen LogP contribution in [0.25, 0.3) is 32.2 Å². The molecule has 2 amide bonds. The molecule has 0 radical (unpaired) electrons. The zero-order valence-electron chi connectivity index (χ0n) is 30.0. The van der Waals surface area contributed by atoms with E-state index in [2.05, 4.69) is 26.3 Å². The predicted molar refractivity (Wildman–Crippen MR) is 194 cm³/mol. The number of fused-ring (bicyclic) bond motifs is 2. The normalized spacial score (nSPS) is 17.1. The van der Waals surface area contributed by atoms with Gasteiger partial charge in [0.25, 0.3) is 0 Å². The van der Waals surface area contributed by atoms with Crippen LogP contribution in [0, 0.1) is 17.1 Å². The molecule has 4 heterocycles. The van der Waals surface area contributed by atoms with Crippen molar-refractivity contribution in [1.82, 2.24) is 24.8 Å². The number of halogens is 1. The highest BCUT2D eigenvalue weighted by atomic mass is 32.1. The molecule has 270 valence electrons. The van der Waals surface area contributed by atoms with Gasteiger partial charge in [-0.1, -0.05) is 23.5 Å². The Kier molecular flexibility index (Phi) is 9.93. The molecule has 4 aromatic rings. The van der Waals surface area contributed by atoms with Gasteiger partial charge >= 0.3 is 18.2 Å². The third kappa shape index (κ3) is 8.07. The van der Waals surface area contributed by atoms with Crippen LogP contribution < -0.4 is 15.0 Å². The topological polar surface area (TPSA) is 146 Å². The summed E-state index contributed by atoms with van der Waals surface area (Å²) in [5, 5.41) is 13.7. The van der Waals surface area contributed by atoms with Crippen molar-refractivity contribution in [3.63, 3.8) is 0 Å². The van der Waals surface area contributed by atoms with Crippen LogP contribution >= 0.6 is 11.3 Å². The average Bonchev–Trinajstić information content (AvgIpc) is 3.66. The van der Waals surface area contributed by atoms with Crippen LogP contribution in [0.3, 0.4) is 0 Å². The molecule has 1 unspecified atom stereocenters. The molecule has 0 saturated carbocycles. The van der Waals surface area contributed by atoms with Crippen LogP contribution in [-0.2, 0) is 9.47 Å². The largest absolute Gasteiger partial charge is 0.462 e. The van der Waals surface area contributed by atoms with Gasteiger partial charge in [0, 0.05) is 48.7 Å². The first-order chi connectivity index (χ1) is 24.1. The lowest BCUT2D eigenvalue weighted by Gasteiger charge is -2.36. The highest BCUT2D eigenvalue weighted by Crippen LogP contribution is 2.40. The smallest absolute Gasteiger partial charge is 0.413 e. The first-order valence-corrected chi connectivity index (χ1v) is 17.8. The van der Waals surface area contributed by atoms with Gasteiger partial charge in [0.15, 0.2) is 10.9 Å². The molecule has 1 N–H and O–H groups in total. The lowest BCUT2D eigenvalue weighted by atomic mass is 9.96. The fraction of sp³-hybridized carbons (Fsp3) is 0.500. The number of likely N-dealkylation sites (tertiary alicyclic amines) is 1. The van der Waals surface area contributed by atoms with Crippen molar-refractivity contribution < 1.29 is 28.2 Å². The summed E-state index contributed by atoms with van der Waals surface area (Å²) in [5.41, 5.74) is -0.443. The molecular weight excluding hydrogens is 676 g/mol. The van der Waals surface area contributed by atoms with E-state index < -0.39 is 29.2 Å². The van der Waals surface area contributed by atoms with E-state index in [4.69, 9.17) is 19.2 Å². The van der Waals surface area contributed by atoms with E-state index in [0.717, 1.165) is 19.4 Å². The minimum absolute atomic E-state index is 0.00214. The Balaban J connectivity index is 1.41. The van der Waals surface area contributed by atoms with E-state index in [0.29, 0.717) is 59.8 Å². The molecule has 15 heteroatoms. The molecule has 1 atom stereocenters. The van der Waals surface area contributed by atoms with Crippen LogP contribution in [0.5, 0.6) is 6.01 Å². The van der Waals surface area contributed by atoms with Gasteiger partial charge < -0.3 is 28.9 Å². The maximum absolute atomic E-state index is 17.1. The number of nitrogens with zero attached hydrogens (tertiary/aromatic N) is 7. The van der Waals surface area contributed by atoms with Crippen LogP contribution in [-0.4, -0.2) is 101 Å². The van der Waals surface area contributed by atoms with E-state index in [1.54, 1.807) is 43.9 Å². The molecular formula is C36H43FN8O5S. The fourth-order valence-electron chi connectivity index (χ4n) is 6.23. The number of amides is 2. The maximum atomic E-state index is 17.1. The summed E-state index contributed by atoms with van der Waals surface area (Å²) < 4.78 is 34.9. The number of nitrogens with one attached hydrogen (secondary N) is 1. The lowest BCUT2D eigenvalue weighted by Crippen LogP contribution is -2.50. The number of piperazine rings is 1. The number of ether oxygens (including phenoxy) is 3. The van der Waals surface area contributed by atoms with Crippen molar-refractivity contribution in [2.75, 3.05) is 56.6 Å². The molecule has 2 aliphatic heterocycles. The van der Waals surface area contributed by atoms with Crippen LogP contribution in [0.15, 0.2) is 24.3 Å². The Bertz CT molecular complexity index is 2010. The molecule has 2 aromatic heterocycles. The summed E-state index contributed by atoms with van der Waals surface area (Å²) in [6.07, 6.45) is 0.964. The van der Waals surface area contributed by atoms with Crippen molar-refractivity contribution in [2.24, 2.45) is 0 Å². The number of hydrogen-bond donors (Lipinski definition) is 1. The van der Waals surface area contributed by atoms with Crippen LogP contribution in [0.4, 0.5) is 24.9 Å². The van der Waals surface area contributed by atoms with Gasteiger partial charge in [0.1, 0.15) is 29.1 Å². The Hall–Kier alpha value is -4.81. The van der Waals surface area contributed by atoms with Crippen molar-refractivity contribution in [3.05, 3.63) is 35.6 Å². The molecule has 2 aromatic carbocycles. The van der Waals surface area contributed by atoms with Gasteiger partial charge in [-0.25, -0.2) is 19.0 Å². The van der Waals surface area contributed by atoms with Crippen molar-refractivity contribution >= 4 is 55.6 Å². The maximum Gasteiger partial charge on any atom is 0.413 e. The number of benzene rings is 2. The van der Waals surface area contributed by atoms with E-state index in [9.17, 15) is 14.9 Å².